The lowest BCUT2D eigenvalue weighted by Gasteiger charge is -2.11. The monoisotopic (exact) mass is 274 g/mol. The number of rotatable bonds is 2. The van der Waals surface area contributed by atoms with Crippen LogP contribution in [0.3, 0.4) is 0 Å². The maximum absolute atomic E-state index is 9.54. The minimum absolute atomic E-state index is 0.102. The van der Waals surface area contributed by atoms with E-state index < -0.39 is 0 Å². The summed E-state index contributed by atoms with van der Waals surface area (Å²) in [6, 6.07) is 5.33. The number of nitrogens with one attached hydrogen (secondary N) is 1. The molecule has 0 fully saturated rings. The molecule has 0 unspecified atom stereocenters. The van der Waals surface area contributed by atoms with E-state index in [1.165, 1.54) is 6.20 Å². The Kier molecular flexibility index (Phi) is 2.80. The van der Waals surface area contributed by atoms with Crippen LogP contribution in [0, 0.1) is 0 Å². The Hall–Kier alpha value is -2.20. The summed E-state index contributed by atoms with van der Waals surface area (Å²) >= 11 is 6.25. The van der Waals surface area contributed by atoms with Gasteiger partial charge < -0.3 is 14.8 Å². The Labute approximate surface area is 114 Å². The molecule has 96 valence electrons. The lowest BCUT2D eigenvalue weighted by molar-refractivity contribution is 0.421. The lowest BCUT2D eigenvalue weighted by Crippen LogP contribution is -1.90. The first kappa shape index (κ1) is 11.9. The number of aromatic nitrogens is 2. The van der Waals surface area contributed by atoms with Crippen LogP contribution in [0.15, 0.2) is 36.8 Å². The van der Waals surface area contributed by atoms with Crippen molar-refractivity contribution in [3.8, 4) is 22.6 Å². The standard InChI is InChI=1S/C14H11ClN2O2/c1-19-14-10-2-3-17-13(10)12(15)5-11(14)8-4-9(18)7-16-6-8/h2-7,17-18H,1H3. The number of ether oxygens (including phenoxy) is 1. The van der Waals surface area contributed by atoms with Gasteiger partial charge >= 0.3 is 0 Å². The van der Waals surface area contributed by atoms with E-state index in [2.05, 4.69) is 9.97 Å². The van der Waals surface area contributed by atoms with Gasteiger partial charge in [0.25, 0.3) is 0 Å². The minimum atomic E-state index is 0.102. The molecule has 0 saturated heterocycles. The summed E-state index contributed by atoms with van der Waals surface area (Å²) in [4.78, 5) is 7.05. The number of nitrogens with zero attached hydrogens (tertiary/aromatic N) is 1. The molecule has 5 heteroatoms. The summed E-state index contributed by atoms with van der Waals surface area (Å²) in [5.41, 5.74) is 2.38. The Morgan fingerprint density at radius 3 is 2.89 bits per heavy atom. The van der Waals surface area contributed by atoms with Crippen LogP contribution >= 0.6 is 11.6 Å². The summed E-state index contributed by atoms with van der Waals surface area (Å²) in [7, 11) is 1.61. The topological polar surface area (TPSA) is 58.1 Å². The van der Waals surface area contributed by atoms with E-state index in [1.807, 2.05) is 12.3 Å². The number of methoxy groups -OCH3 is 1. The smallest absolute Gasteiger partial charge is 0.136 e. The van der Waals surface area contributed by atoms with Crippen LogP contribution in [-0.2, 0) is 0 Å². The molecule has 1 aromatic carbocycles. The van der Waals surface area contributed by atoms with Gasteiger partial charge in [0.1, 0.15) is 11.5 Å². The van der Waals surface area contributed by atoms with Crippen molar-refractivity contribution in [1.82, 2.24) is 9.97 Å². The molecule has 0 aliphatic heterocycles. The second-order valence-electron chi connectivity index (χ2n) is 4.14. The van der Waals surface area contributed by atoms with E-state index in [1.54, 1.807) is 25.4 Å². The molecule has 0 spiro atoms. The quantitative estimate of drug-likeness (QED) is 0.751. The van der Waals surface area contributed by atoms with Crippen molar-refractivity contribution in [3.05, 3.63) is 41.8 Å². The largest absolute Gasteiger partial charge is 0.506 e. The molecular formula is C14H11ClN2O2. The Morgan fingerprint density at radius 2 is 2.16 bits per heavy atom. The zero-order chi connectivity index (χ0) is 13.4. The molecule has 4 nitrogen and oxygen atoms in total. The van der Waals surface area contributed by atoms with E-state index in [-0.39, 0.29) is 5.75 Å². The number of pyridine rings is 1. The summed E-state index contributed by atoms with van der Waals surface area (Å²) < 4.78 is 5.48. The van der Waals surface area contributed by atoms with Crippen LogP contribution in [0.1, 0.15) is 0 Å². The average molecular weight is 275 g/mol. The highest BCUT2D eigenvalue weighted by atomic mass is 35.5. The van der Waals surface area contributed by atoms with Gasteiger partial charge in [-0.05, 0) is 18.2 Å². The molecule has 0 amide bonds. The highest BCUT2D eigenvalue weighted by molar-refractivity contribution is 6.36. The first-order valence-electron chi connectivity index (χ1n) is 5.68. The van der Waals surface area contributed by atoms with Gasteiger partial charge in [-0.2, -0.15) is 0 Å². The van der Waals surface area contributed by atoms with Crippen LogP contribution in [0.2, 0.25) is 5.02 Å². The Bertz CT molecular complexity index is 752. The summed E-state index contributed by atoms with van der Waals surface area (Å²) in [6.07, 6.45) is 4.85. The number of aromatic hydroxyl groups is 1. The number of hydrogen-bond acceptors (Lipinski definition) is 3. The maximum Gasteiger partial charge on any atom is 0.136 e. The zero-order valence-electron chi connectivity index (χ0n) is 10.1. The van der Waals surface area contributed by atoms with E-state index in [4.69, 9.17) is 16.3 Å². The predicted octanol–water partition coefficient (Wildman–Crippen LogP) is 3.60. The molecule has 0 aliphatic rings. The van der Waals surface area contributed by atoms with Gasteiger partial charge in [-0.25, -0.2) is 0 Å². The summed E-state index contributed by atoms with van der Waals surface area (Å²) in [5, 5.41) is 11.0. The SMILES string of the molecule is COc1c(-c2cncc(O)c2)cc(Cl)c2[nH]ccc12. The van der Waals surface area contributed by atoms with Crippen LogP contribution < -0.4 is 4.74 Å². The first-order valence-corrected chi connectivity index (χ1v) is 6.06. The maximum atomic E-state index is 9.54. The highest BCUT2D eigenvalue weighted by Gasteiger charge is 2.14. The first-order chi connectivity index (χ1) is 9.20. The van der Waals surface area contributed by atoms with Gasteiger partial charge in [0.15, 0.2) is 0 Å². The molecule has 0 atom stereocenters. The fourth-order valence-corrected chi connectivity index (χ4v) is 2.44. The number of hydrogen-bond donors (Lipinski definition) is 2. The van der Waals surface area contributed by atoms with E-state index in [0.717, 1.165) is 22.0 Å². The predicted molar refractivity (Wildman–Crippen MR) is 74.8 cm³/mol. The molecule has 2 N–H and O–H groups in total. The number of H-pyrrole nitrogens is 1. The minimum Gasteiger partial charge on any atom is -0.506 e. The lowest BCUT2D eigenvalue weighted by atomic mass is 10.0. The van der Waals surface area contributed by atoms with E-state index in [0.29, 0.717) is 10.8 Å². The molecule has 0 radical (unpaired) electrons. The molecule has 0 saturated carbocycles. The van der Waals surface area contributed by atoms with Crippen LogP contribution in [-0.4, -0.2) is 22.2 Å². The van der Waals surface area contributed by atoms with Gasteiger partial charge in [0.2, 0.25) is 0 Å². The van der Waals surface area contributed by atoms with Crippen molar-refractivity contribution in [2.75, 3.05) is 7.11 Å². The van der Waals surface area contributed by atoms with Crippen molar-refractivity contribution in [2.24, 2.45) is 0 Å². The molecule has 3 rings (SSSR count). The normalized spacial score (nSPS) is 10.8. The van der Waals surface area contributed by atoms with Gasteiger partial charge in [-0.15, -0.1) is 0 Å². The molecule has 2 aromatic heterocycles. The fraction of sp³-hybridized carbons (Fsp3) is 0.0714. The van der Waals surface area contributed by atoms with Crippen molar-refractivity contribution < 1.29 is 9.84 Å². The van der Waals surface area contributed by atoms with Crippen LogP contribution in [0.4, 0.5) is 0 Å². The van der Waals surface area contributed by atoms with Gasteiger partial charge in [-0.1, -0.05) is 11.6 Å². The van der Waals surface area contributed by atoms with E-state index >= 15 is 0 Å². The summed E-state index contributed by atoms with van der Waals surface area (Å²) in [5.74, 6) is 0.804. The number of aromatic amines is 1. The van der Waals surface area contributed by atoms with Gasteiger partial charge in [-0.3, -0.25) is 4.98 Å². The molecule has 0 aliphatic carbocycles. The van der Waals surface area contributed by atoms with Gasteiger partial charge in [0, 0.05) is 28.9 Å². The van der Waals surface area contributed by atoms with E-state index in [9.17, 15) is 5.11 Å². The Balaban J connectivity index is 2.34. The zero-order valence-corrected chi connectivity index (χ0v) is 10.9. The number of halogens is 1. The van der Waals surface area contributed by atoms with Crippen LogP contribution in [0.5, 0.6) is 11.5 Å². The molecule has 2 heterocycles. The van der Waals surface area contributed by atoms with Crippen molar-refractivity contribution in [3.63, 3.8) is 0 Å². The highest BCUT2D eigenvalue weighted by Crippen LogP contribution is 2.40. The molecule has 3 aromatic rings. The Morgan fingerprint density at radius 1 is 1.32 bits per heavy atom. The van der Waals surface area contributed by atoms with Crippen molar-refractivity contribution in [1.29, 1.82) is 0 Å². The van der Waals surface area contributed by atoms with Crippen molar-refractivity contribution in [2.45, 2.75) is 0 Å². The summed E-state index contributed by atoms with van der Waals surface area (Å²) in [6.45, 7) is 0. The molecule has 0 bridgehead atoms. The number of fused-ring (bicyclic) bond motifs is 1. The number of benzene rings is 1. The second-order valence-corrected chi connectivity index (χ2v) is 4.54. The van der Waals surface area contributed by atoms with Gasteiger partial charge in [0.05, 0.1) is 23.8 Å². The third-order valence-electron chi connectivity index (χ3n) is 2.99. The fourth-order valence-electron chi connectivity index (χ4n) is 2.18. The molecular weight excluding hydrogens is 264 g/mol. The third-order valence-corrected chi connectivity index (χ3v) is 3.28. The average Bonchev–Trinajstić information content (AvgIpc) is 2.88. The van der Waals surface area contributed by atoms with Crippen molar-refractivity contribution >= 4 is 22.5 Å². The van der Waals surface area contributed by atoms with Crippen LogP contribution in [0.25, 0.3) is 22.0 Å². The molecule has 19 heavy (non-hydrogen) atoms. The third kappa shape index (κ3) is 1.90. The second kappa shape index (κ2) is 4.48.